The molecule has 0 atom stereocenters. The van der Waals surface area contributed by atoms with Crippen molar-refractivity contribution in [3.05, 3.63) is 64.2 Å². The second-order valence-corrected chi connectivity index (χ2v) is 6.47. The first-order chi connectivity index (χ1) is 10.6. The molecular formula is C18H16IN3. The van der Waals surface area contributed by atoms with Gasteiger partial charge in [0.15, 0.2) is 0 Å². The number of halogens is 1. The molecular weight excluding hydrogens is 385 g/mol. The summed E-state index contributed by atoms with van der Waals surface area (Å²) in [5.74, 6) is 0. The number of fused-ring (bicyclic) bond motifs is 1. The minimum atomic E-state index is 0.862. The Hall–Kier alpha value is -1.95. The van der Waals surface area contributed by atoms with Crippen molar-refractivity contribution < 1.29 is 0 Å². The Morgan fingerprint density at radius 3 is 2.14 bits per heavy atom. The van der Waals surface area contributed by atoms with Crippen molar-refractivity contribution in [2.24, 2.45) is 10.2 Å². The molecule has 22 heavy (non-hydrogen) atoms. The fourth-order valence-corrected chi connectivity index (χ4v) is 2.72. The molecule has 3 rings (SSSR count). The minimum Gasteiger partial charge on any atom is -0.377 e. The van der Waals surface area contributed by atoms with Crippen LogP contribution in [0, 0.1) is 3.57 Å². The van der Waals surface area contributed by atoms with E-state index >= 15 is 0 Å². The van der Waals surface area contributed by atoms with Crippen molar-refractivity contribution in [1.29, 1.82) is 0 Å². The van der Waals surface area contributed by atoms with Gasteiger partial charge in [-0.1, -0.05) is 24.3 Å². The molecule has 0 radical (unpaired) electrons. The summed E-state index contributed by atoms with van der Waals surface area (Å²) >= 11 is 2.28. The van der Waals surface area contributed by atoms with Crippen molar-refractivity contribution in [3.63, 3.8) is 0 Å². The van der Waals surface area contributed by atoms with E-state index in [1.54, 1.807) is 0 Å². The third-order valence-corrected chi connectivity index (χ3v) is 4.18. The van der Waals surface area contributed by atoms with E-state index in [1.165, 1.54) is 14.6 Å². The molecule has 0 fully saturated rings. The summed E-state index contributed by atoms with van der Waals surface area (Å²) in [6, 6.07) is 20.4. The van der Waals surface area contributed by atoms with Crippen LogP contribution in [-0.4, -0.2) is 14.1 Å². The molecule has 0 aliphatic rings. The molecule has 4 heteroatoms. The van der Waals surface area contributed by atoms with Crippen molar-refractivity contribution in [3.8, 4) is 0 Å². The maximum absolute atomic E-state index is 4.44. The molecule has 110 valence electrons. The van der Waals surface area contributed by atoms with Crippen molar-refractivity contribution in [2.45, 2.75) is 0 Å². The van der Waals surface area contributed by atoms with Crippen LogP contribution in [0.25, 0.3) is 10.8 Å². The van der Waals surface area contributed by atoms with Gasteiger partial charge in [0.1, 0.15) is 0 Å². The van der Waals surface area contributed by atoms with E-state index in [1.807, 2.05) is 36.4 Å². The summed E-state index contributed by atoms with van der Waals surface area (Å²) in [6.07, 6.45) is 0. The molecule has 0 aliphatic carbocycles. The second kappa shape index (κ2) is 6.44. The normalized spacial score (nSPS) is 11.2. The first-order valence-corrected chi connectivity index (χ1v) is 8.09. The van der Waals surface area contributed by atoms with Gasteiger partial charge >= 0.3 is 0 Å². The molecule has 0 saturated carbocycles. The highest BCUT2D eigenvalue weighted by Crippen LogP contribution is 2.33. The first-order valence-electron chi connectivity index (χ1n) is 7.01. The van der Waals surface area contributed by atoms with Crippen LogP contribution in [0.2, 0.25) is 0 Å². The Bertz CT molecular complexity index is 823. The largest absolute Gasteiger partial charge is 0.377 e. The lowest BCUT2D eigenvalue weighted by atomic mass is 10.1. The minimum absolute atomic E-state index is 0.862. The molecule has 0 bridgehead atoms. The smallest absolute Gasteiger partial charge is 0.0936 e. The third kappa shape index (κ3) is 3.11. The highest BCUT2D eigenvalue weighted by Gasteiger charge is 2.06. The molecule has 0 heterocycles. The van der Waals surface area contributed by atoms with Crippen LogP contribution < -0.4 is 4.90 Å². The highest BCUT2D eigenvalue weighted by molar-refractivity contribution is 14.1. The topological polar surface area (TPSA) is 28.0 Å². The Balaban J connectivity index is 2.04. The average Bonchev–Trinajstić information content (AvgIpc) is 2.53. The summed E-state index contributed by atoms with van der Waals surface area (Å²) in [7, 11) is 4.10. The molecule has 0 amide bonds. The predicted molar refractivity (Wildman–Crippen MR) is 102 cm³/mol. The number of hydrogen-bond acceptors (Lipinski definition) is 3. The van der Waals surface area contributed by atoms with Gasteiger partial charge in [-0.05, 0) is 59.0 Å². The van der Waals surface area contributed by atoms with Crippen molar-refractivity contribution in [2.75, 3.05) is 19.0 Å². The lowest BCUT2D eigenvalue weighted by Gasteiger charge is -2.16. The monoisotopic (exact) mass is 401 g/mol. The highest BCUT2D eigenvalue weighted by atomic mass is 127. The molecule has 0 saturated heterocycles. The van der Waals surface area contributed by atoms with Gasteiger partial charge in [0.05, 0.1) is 11.4 Å². The third-order valence-electron chi connectivity index (χ3n) is 3.46. The number of anilines is 1. The van der Waals surface area contributed by atoms with Crippen LogP contribution in [0.3, 0.4) is 0 Å². The molecule has 3 aromatic rings. The van der Waals surface area contributed by atoms with Crippen molar-refractivity contribution in [1.82, 2.24) is 0 Å². The molecule has 3 aromatic carbocycles. The van der Waals surface area contributed by atoms with E-state index in [0.29, 0.717) is 0 Å². The zero-order valence-corrected chi connectivity index (χ0v) is 14.7. The van der Waals surface area contributed by atoms with Gasteiger partial charge < -0.3 is 4.90 Å². The summed E-state index contributed by atoms with van der Waals surface area (Å²) < 4.78 is 1.19. The molecule has 0 aromatic heterocycles. The van der Waals surface area contributed by atoms with Crippen LogP contribution >= 0.6 is 22.6 Å². The molecule has 0 aliphatic heterocycles. The fraction of sp³-hybridized carbons (Fsp3) is 0.111. The summed E-state index contributed by atoms with van der Waals surface area (Å²) in [4.78, 5) is 2.11. The van der Waals surface area contributed by atoms with Gasteiger partial charge in [-0.3, -0.25) is 0 Å². The number of hydrogen-bond donors (Lipinski definition) is 0. The van der Waals surface area contributed by atoms with E-state index in [2.05, 4.69) is 76.1 Å². The Labute approximate surface area is 143 Å². The number of rotatable bonds is 3. The first kappa shape index (κ1) is 15.0. The van der Waals surface area contributed by atoms with Crippen LogP contribution in [0.4, 0.5) is 17.1 Å². The molecule has 0 N–H and O–H groups in total. The Kier molecular flexibility index (Phi) is 4.38. The zero-order chi connectivity index (χ0) is 15.5. The maximum atomic E-state index is 4.44. The fourth-order valence-electron chi connectivity index (χ4n) is 2.36. The van der Waals surface area contributed by atoms with E-state index in [-0.39, 0.29) is 0 Å². The second-order valence-electron chi connectivity index (χ2n) is 5.22. The quantitative estimate of drug-likeness (QED) is 0.395. The standard InChI is InChI=1S/C18H16IN3/c1-22(2)18-12-11-17(15-5-3-4-6-16(15)18)21-20-14-9-7-13(19)8-10-14/h3-12H,1-2H3. The number of nitrogens with zero attached hydrogens (tertiary/aromatic N) is 3. The molecule has 0 unspecified atom stereocenters. The summed E-state index contributed by atoms with van der Waals surface area (Å²) in [5.41, 5.74) is 2.93. The van der Waals surface area contributed by atoms with E-state index in [0.717, 1.165) is 16.8 Å². The molecule has 0 spiro atoms. The zero-order valence-electron chi connectivity index (χ0n) is 12.5. The maximum Gasteiger partial charge on any atom is 0.0936 e. The lowest BCUT2D eigenvalue weighted by molar-refractivity contribution is 1.14. The summed E-state index contributed by atoms with van der Waals surface area (Å²) in [6.45, 7) is 0. The van der Waals surface area contributed by atoms with Crippen LogP contribution in [0.5, 0.6) is 0 Å². The van der Waals surface area contributed by atoms with Gasteiger partial charge in [-0.25, -0.2) is 0 Å². The Morgan fingerprint density at radius 1 is 0.773 bits per heavy atom. The number of azo groups is 1. The Morgan fingerprint density at radius 2 is 1.45 bits per heavy atom. The number of benzene rings is 3. The van der Waals surface area contributed by atoms with Gasteiger partial charge in [0, 0.05) is 34.1 Å². The predicted octanol–water partition coefficient (Wildman–Crippen LogP) is 5.93. The van der Waals surface area contributed by atoms with Gasteiger partial charge in [-0.2, -0.15) is 5.11 Å². The molecule has 3 nitrogen and oxygen atoms in total. The van der Waals surface area contributed by atoms with Crippen LogP contribution in [0.15, 0.2) is 70.9 Å². The van der Waals surface area contributed by atoms with E-state index in [9.17, 15) is 0 Å². The van der Waals surface area contributed by atoms with E-state index in [4.69, 9.17) is 0 Å². The van der Waals surface area contributed by atoms with Gasteiger partial charge in [0.25, 0.3) is 0 Å². The summed E-state index contributed by atoms with van der Waals surface area (Å²) in [5, 5.41) is 11.1. The average molecular weight is 401 g/mol. The van der Waals surface area contributed by atoms with Crippen LogP contribution in [0.1, 0.15) is 0 Å². The lowest BCUT2D eigenvalue weighted by Crippen LogP contribution is -2.08. The SMILES string of the molecule is CN(C)c1ccc(N=Nc2ccc(I)cc2)c2ccccc12. The van der Waals surface area contributed by atoms with Gasteiger partial charge in [-0.15, -0.1) is 5.11 Å². The van der Waals surface area contributed by atoms with Gasteiger partial charge in [0.2, 0.25) is 0 Å². The van der Waals surface area contributed by atoms with Crippen LogP contribution in [-0.2, 0) is 0 Å². The van der Waals surface area contributed by atoms with Crippen molar-refractivity contribution >= 4 is 50.4 Å². The van der Waals surface area contributed by atoms with E-state index < -0.39 is 0 Å².